The van der Waals surface area contributed by atoms with Gasteiger partial charge < -0.3 is 19.4 Å². The molecule has 0 unspecified atom stereocenters. The van der Waals surface area contributed by atoms with Crippen molar-refractivity contribution in [3.05, 3.63) is 81.7 Å². The van der Waals surface area contributed by atoms with Gasteiger partial charge in [-0.2, -0.15) is 5.10 Å². The number of pyridine rings is 1. The number of aromatic nitrogens is 4. The van der Waals surface area contributed by atoms with Crippen LogP contribution in [0.4, 0.5) is 17.2 Å². The summed E-state index contributed by atoms with van der Waals surface area (Å²) in [7, 11) is 1.83. The Bertz CT molecular complexity index is 1410. The standard InChI is InChI=1S/C27H30N6O/c1-18-14-24(30-29-18)28-26-25(19-8-4-3-5-9-19)23(17-31(2)27(26)34)32-13-11-22-20(16-32)15-21-10-6-7-12-33(21)22/h3-5,8-9,14-15,17H,6-7,10-13,16H2,1-2H3,(H2,28,29,30). The molecule has 0 spiro atoms. The molecule has 4 aromatic rings. The molecule has 34 heavy (non-hydrogen) atoms. The average Bonchev–Trinajstić information content (AvgIpc) is 3.44. The Balaban J connectivity index is 1.48. The highest BCUT2D eigenvalue weighted by molar-refractivity contribution is 5.90. The SMILES string of the molecule is Cc1cc(Nc2c(-c3ccccc3)c(N3CCc4c(cc5n4CCCC5)C3)cn(C)c2=O)n[nH]1. The first-order chi connectivity index (χ1) is 16.6. The van der Waals surface area contributed by atoms with E-state index in [1.807, 2.05) is 44.4 Å². The van der Waals surface area contributed by atoms with Crippen molar-refractivity contribution in [1.82, 2.24) is 19.3 Å². The molecule has 0 atom stereocenters. The van der Waals surface area contributed by atoms with Gasteiger partial charge in [0.25, 0.3) is 5.56 Å². The summed E-state index contributed by atoms with van der Waals surface area (Å²) in [5.41, 5.74) is 8.86. The molecular formula is C27H30N6O. The number of anilines is 3. The van der Waals surface area contributed by atoms with E-state index >= 15 is 0 Å². The third-order valence-corrected chi connectivity index (χ3v) is 7.15. The van der Waals surface area contributed by atoms with Crippen molar-refractivity contribution in [2.45, 2.75) is 45.7 Å². The van der Waals surface area contributed by atoms with Crippen molar-refractivity contribution in [3.63, 3.8) is 0 Å². The topological polar surface area (TPSA) is 70.9 Å². The maximum absolute atomic E-state index is 13.4. The molecule has 0 saturated carbocycles. The van der Waals surface area contributed by atoms with Gasteiger partial charge in [-0.05, 0) is 43.4 Å². The van der Waals surface area contributed by atoms with Gasteiger partial charge in [-0.3, -0.25) is 9.89 Å². The lowest BCUT2D eigenvalue weighted by Gasteiger charge is -2.33. The molecule has 6 rings (SSSR count). The van der Waals surface area contributed by atoms with E-state index in [2.05, 4.69) is 43.2 Å². The molecule has 2 N–H and O–H groups in total. The molecule has 5 heterocycles. The lowest BCUT2D eigenvalue weighted by molar-refractivity contribution is 0.511. The average molecular weight is 455 g/mol. The minimum absolute atomic E-state index is 0.0692. The first-order valence-electron chi connectivity index (χ1n) is 12.1. The summed E-state index contributed by atoms with van der Waals surface area (Å²) in [6.07, 6.45) is 6.76. The van der Waals surface area contributed by atoms with Crippen LogP contribution in [-0.4, -0.2) is 25.9 Å². The summed E-state index contributed by atoms with van der Waals surface area (Å²) in [6.45, 7) is 4.88. The van der Waals surface area contributed by atoms with Gasteiger partial charge in [-0.1, -0.05) is 30.3 Å². The fourth-order valence-electron chi connectivity index (χ4n) is 5.52. The summed E-state index contributed by atoms with van der Waals surface area (Å²) < 4.78 is 4.24. The maximum atomic E-state index is 13.4. The number of hydrogen-bond acceptors (Lipinski definition) is 4. The van der Waals surface area contributed by atoms with E-state index in [1.54, 1.807) is 4.57 Å². The molecule has 7 heteroatoms. The zero-order valence-electron chi connectivity index (χ0n) is 19.8. The molecule has 174 valence electrons. The second-order valence-electron chi connectivity index (χ2n) is 9.50. The summed E-state index contributed by atoms with van der Waals surface area (Å²) in [4.78, 5) is 15.8. The summed E-state index contributed by atoms with van der Waals surface area (Å²) in [5.74, 6) is 0.643. The van der Waals surface area contributed by atoms with Crippen molar-refractivity contribution in [2.75, 3.05) is 16.8 Å². The van der Waals surface area contributed by atoms with Gasteiger partial charge in [0, 0.05) is 68.0 Å². The highest BCUT2D eigenvalue weighted by Gasteiger charge is 2.27. The van der Waals surface area contributed by atoms with Crippen molar-refractivity contribution in [1.29, 1.82) is 0 Å². The third kappa shape index (κ3) is 3.52. The van der Waals surface area contributed by atoms with Gasteiger partial charge in [0.15, 0.2) is 5.82 Å². The summed E-state index contributed by atoms with van der Waals surface area (Å²) in [6, 6.07) is 14.5. The van der Waals surface area contributed by atoms with Crippen LogP contribution in [0.1, 0.15) is 35.5 Å². The van der Waals surface area contributed by atoms with Gasteiger partial charge >= 0.3 is 0 Å². The van der Waals surface area contributed by atoms with Crippen molar-refractivity contribution < 1.29 is 0 Å². The number of fused-ring (bicyclic) bond motifs is 3. The van der Waals surface area contributed by atoms with Crippen LogP contribution >= 0.6 is 0 Å². The van der Waals surface area contributed by atoms with Gasteiger partial charge in [0.1, 0.15) is 5.69 Å². The van der Waals surface area contributed by atoms with E-state index in [0.29, 0.717) is 11.5 Å². The number of aryl methyl sites for hydroxylation is 3. The van der Waals surface area contributed by atoms with E-state index in [0.717, 1.165) is 48.6 Å². The molecule has 0 aliphatic carbocycles. The van der Waals surface area contributed by atoms with Crippen LogP contribution in [0.25, 0.3) is 11.1 Å². The monoisotopic (exact) mass is 454 g/mol. The first kappa shape index (κ1) is 20.8. The zero-order chi connectivity index (χ0) is 23.2. The number of benzene rings is 1. The molecule has 7 nitrogen and oxygen atoms in total. The molecule has 3 aromatic heterocycles. The second kappa shape index (κ2) is 8.24. The largest absolute Gasteiger partial charge is 0.365 e. The van der Waals surface area contributed by atoms with Gasteiger partial charge in [-0.15, -0.1) is 0 Å². The minimum atomic E-state index is -0.0692. The Morgan fingerprint density at radius 1 is 1.06 bits per heavy atom. The zero-order valence-corrected chi connectivity index (χ0v) is 19.8. The molecule has 0 fully saturated rings. The Morgan fingerprint density at radius 2 is 1.91 bits per heavy atom. The number of rotatable bonds is 4. The molecule has 2 aliphatic heterocycles. The number of aromatic amines is 1. The van der Waals surface area contributed by atoms with Crippen LogP contribution in [0.15, 0.2) is 53.5 Å². The molecule has 0 amide bonds. The van der Waals surface area contributed by atoms with E-state index in [4.69, 9.17) is 0 Å². The van der Waals surface area contributed by atoms with Crippen molar-refractivity contribution >= 4 is 17.2 Å². The van der Waals surface area contributed by atoms with E-state index in [-0.39, 0.29) is 5.56 Å². The fourth-order valence-corrected chi connectivity index (χ4v) is 5.52. The Hall–Kier alpha value is -3.74. The normalized spacial score (nSPS) is 15.2. The van der Waals surface area contributed by atoms with Crippen LogP contribution in [-0.2, 0) is 33.0 Å². The third-order valence-electron chi connectivity index (χ3n) is 7.15. The van der Waals surface area contributed by atoms with Crippen LogP contribution < -0.4 is 15.8 Å². The molecule has 2 aliphatic rings. The number of H-pyrrole nitrogens is 1. The van der Waals surface area contributed by atoms with Crippen molar-refractivity contribution in [2.24, 2.45) is 7.05 Å². The second-order valence-corrected chi connectivity index (χ2v) is 9.50. The molecular weight excluding hydrogens is 424 g/mol. The molecule has 0 radical (unpaired) electrons. The highest BCUT2D eigenvalue weighted by Crippen LogP contribution is 2.39. The predicted molar refractivity (Wildman–Crippen MR) is 136 cm³/mol. The highest BCUT2D eigenvalue weighted by atomic mass is 16.1. The quantitative estimate of drug-likeness (QED) is 0.475. The molecule has 0 saturated heterocycles. The number of nitrogens with one attached hydrogen (secondary N) is 2. The van der Waals surface area contributed by atoms with Crippen molar-refractivity contribution in [3.8, 4) is 11.1 Å². The Labute approximate surface area is 199 Å². The molecule has 0 bridgehead atoms. The predicted octanol–water partition coefficient (Wildman–Crippen LogP) is 4.53. The van der Waals surface area contributed by atoms with Crippen LogP contribution in [0.2, 0.25) is 0 Å². The van der Waals surface area contributed by atoms with Crippen LogP contribution in [0, 0.1) is 6.92 Å². The maximum Gasteiger partial charge on any atom is 0.274 e. The van der Waals surface area contributed by atoms with Gasteiger partial charge in [0.05, 0.1) is 5.69 Å². The molecule has 1 aromatic carbocycles. The van der Waals surface area contributed by atoms with Gasteiger partial charge in [0.2, 0.25) is 0 Å². The lowest BCUT2D eigenvalue weighted by Crippen LogP contribution is -2.33. The fraction of sp³-hybridized carbons (Fsp3) is 0.333. The van der Waals surface area contributed by atoms with E-state index in [1.165, 1.54) is 36.2 Å². The van der Waals surface area contributed by atoms with E-state index < -0.39 is 0 Å². The first-order valence-corrected chi connectivity index (χ1v) is 12.1. The van der Waals surface area contributed by atoms with Crippen LogP contribution in [0.5, 0.6) is 0 Å². The minimum Gasteiger partial charge on any atom is -0.365 e. The smallest absolute Gasteiger partial charge is 0.274 e. The van der Waals surface area contributed by atoms with Gasteiger partial charge in [-0.25, -0.2) is 0 Å². The summed E-state index contributed by atoms with van der Waals surface area (Å²) in [5, 5.41) is 10.6. The Kier molecular flexibility index (Phi) is 5.05. The van der Waals surface area contributed by atoms with Crippen LogP contribution in [0.3, 0.4) is 0 Å². The number of hydrogen-bond donors (Lipinski definition) is 2. The number of nitrogens with zero attached hydrogens (tertiary/aromatic N) is 4. The lowest BCUT2D eigenvalue weighted by atomic mass is 10.00. The Morgan fingerprint density at radius 3 is 2.71 bits per heavy atom. The summed E-state index contributed by atoms with van der Waals surface area (Å²) >= 11 is 0. The van der Waals surface area contributed by atoms with E-state index in [9.17, 15) is 4.79 Å².